The summed E-state index contributed by atoms with van der Waals surface area (Å²) >= 11 is 0. The number of sulfonamides is 1. The second-order valence-corrected chi connectivity index (χ2v) is 8.15. The van der Waals surface area contributed by atoms with Crippen LogP contribution in [0.15, 0.2) is 21.6 Å². The number of hydrogen-bond acceptors (Lipinski definition) is 5. The first kappa shape index (κ1) is 16.0. The van der Waals surface area contributed by atoms with E-state index in [1.54, 1.807) is 12.1 Å². The third-order valence-corrected chi connectivity index (χ3v) is 5.94. The molecule has 0 N–H and O–H groups in total. The molecular weight excluding hydrogens is 304 g/mol. The quantitative estimate of drug-likeness (QED) is 0.841. The highest BCUT2D eigenvalue weighted by Gasteiger charge is 2.30. The summed E-state index contributed by atoms with van der Waals surface area (Å²) in [6, 6.07) is 3.35. The van der Waals surface area contributed by atoms with Crippen LogP contribution in [0.1, 0.15) is 32.4 Å². The first-order chi connectivity index (χ1) is 10.4. The highest BCUT2D eigenvalue weighted by molar-refractivity contribution is 7.89. The number of ether oxygens (including phenoxy) is 1. The summed E-state index contributed by atoms with van der Waals surface area (Å²) in [5, 5.41) is 0.0683. The number of hydrogen-bond donors (Lipinski definition) is 0. The number of nitrogens with zero attached hydrogens (tertiary/aromatic N) is 2. The first-order valence-corrected chi connectivity index (χ1v) is 9.36. The van der Waals surface area contributed by atoms with Crippen LogP contribution < -0.4 is 0 Å². The molecule has 2 aliphatic heterocycles. The Hall–Kier alpha value is -0.890. The maximum atomic E-state index is 12.4. The minimum atomic E-state index is -3.46. The van der Waals surface area contributed by atoms with Gasteiger partial charge in [0.2, 0.25) is 5.09 Å². The maximum Gasteiger partial charge on any atom is 0.276 e. The van der Waals surface area contributed by atoms with Gasteiger partial charge in [-0.25, -0.2) is 8.42 Å². The lowest BCUT2D eigenvalue weighted by atomic mass is 10.2. The Morgan fingerprint density at radius 1 is 1.14 bits per heavy atom. The molecule has 22 heavy (non-hydrogen) atoms. The zero-order valence-corrected chi connectivity index (χ0v) is 14.0. The van der Waals surface area contributed by atoms with Crippen molar-refractivity contribution >= 4 is 10.0 Å². The topological polar surface area (TPSA) is 63.0 Å². The first-order valence-electron chi connectivity index (χ1n) is 7.92. The van der Waals surface area contributed by atoms with Crippen LogP contribution in [0.25, 0.3) is 0 Å². The Labute approximate surface area is 132 Å². The van der Waals surface area contributed by atoms with Crippen LogP contribution >= 0.6 is 0 Å². The van der Waals surface area contributed by atoms with Crippen LogP contribution in [0.2, 0.25) is 0 Å². The fourth-order valence-corrected chi connectivity index (χ4v) is 4.72. The summed E-state index contributed by atoms with van der Waals surface area (Å²) < 4.78 is 37.7. The lowest BCUT2D eigenvalue weighted by Crippen LogP contribution is -2.44. The fraction of sp³-hybridized carbons (Fsp3) is 0.733. The average molecular weight is 328 g/mol. The van der Waals surface area contributed by atoms with E-state index >= 15 is 0 Å². The summed E-state index contributed by atoms with van der Waals surface area (Å²) in [4.78, 5) is 2.24. The van der Waals surface area contributed by atoms with Crippen molar-refractivity contribution in [3.05, 3.63) is 17.9 Å². The van der Waals surface area contributed by atoms with Gasteiger partial charge in [0.1, 0.15) is 5.76 Å². The van der Waals surface area contributed by atoms with Crippen molar-refractivity contribution in [3.63, 3.8) is 0 Å². The Balaban J connectivity index is 1.68. The summed E-state index contributed by atoms with van der Waals surface area (Å²) in [6.45, 7) is 7.57. The monoisotopic (exact) mass is 328 g/mol. The van der Waals surface area contributed by atoms with Gasteiger partial charge in [-0.15, -0.1) is 0 Å². The lowest BCUT2D eigenvalue weighted by Gasteiger charge is -2.34. The van der Waals surface area contributed by atoms with E-state index in [1.165, 1.54) is 4.31 Å². The zero-order chi connectivity index (χ0) is 15.7. The van der Waals surface area contributed by atoms with E-state index in [0.29, 0.717) is 25.4 Å². The highest BCUT2D eigenvalue weighted by atomic mass is 32.2. The normalized spacial score (nSPS) is 28.3. The maximum absolute atomic E-state index is 12.4. The molecule has 2 aliphatic rings. The van der Waals surface area contributed by atoms with Crippen molar-refractivity contribution in [2.45, 2.75) is 50.5 Å². The molecule has 3 rings (SSSR count). The summed E-state index contributed by atoms with van der Waals surface area (Å²) in [7, 11) is -3.46. The molecule has 2 atom stereocenters. The van der Waals surface area contributed by atoms with E-state index in [1.807, 2.05) is 13.8 Å². The smallest absolute Gasteiger partial charge is 0.276 e. The molecule has 0 spiro atoms. The molecule has 3 heterocycles. The lowest BCUT2D eigenvalue weighted by molar-refractivity contribution is -0.0720. The van der Waals surface area contributed by atoms with Gasteiger partial charge in [0.25, 0.3) is 10.0 Å². The molecule has 0 radical (unpaired) electrons. The number of furan rings is 1. The predicted octanol–water partition coefficient (Wildman–Crippen LogP) is 1.67. The molecule has 124 valence electrons. The second-order valence-electron chi connectivity index (χ2n) is 6.28. The molecule has 6 nitrogen and oxygen atoms in total. The van der Waals surface area contributed by atoms with Gasteiger partial charge in [-0.3, -0.25) is 4.90 Å². The van der Waals surface area contributed by atoms with Gasteiger partial charge >= 0.3 is 0 Å². The Morgan fingerprint density at radius 2 is 1.77 bits per heavy atom. The fourth-order valence-electron chi connectivity index (χ4n) is 3.27. The van der Waals surface area contributed by atoms with Crippen LogP contribution in [-0.2, 0) is 21.3 Å². The molecule has 0 aliphatic carbocycles. The van der Waals surface area contributed by atoms with Gasteiger partial charge in [0, 0.05) is 26.2 Å². The standard InChI is InChI=1S/C15H24N2O4S/c1-12-9-16(10-13(2)20-12)11-14-5-6-15(21-14)22(18,19)17-7-3-4-8-17/h5-6,12-13H,3-4,7-11H2,1-2H3. The third-order valence-electron chi connectivity index (χ3n) is 4.17. The molecule has 0 amide bonds. The van der Waals surface area contributed by atoms with E-state index < -0.39 is 10.0 Å². The molecule has 1 aromatic rings. The molecule has 2 saturated heterocycles. The Kier molecular flexibility index (Phi) is 4.59. The second kappa shape index (κ2) is 6.31. The highest BCUT2D eigenvalue weighted by Crippen LogP contribution is 2.24. The van der Waals surface area contributed by atoms with E-state index in [9.17, 15) is 8.42 Å². The summed E-state index contributed by atoms with van der Waals surface area (Å²) in [5.41, 5.74) is 0. The average Bonchev–Trinajstić information content (AvgIpc) is 3.08. The van der Waals surface area contributed by atoms with Crippen molar-refractivity contribution in [2.75, 3.05) is 26.2 Å². The van der Waals surface area contributed by atoms with Crippen molar-refractivity contribution in [1.29, 1.82) is 0 Å². The Morgan fingerprint density at radius 3 is 2.41 bits per heavy atom. The SMILES string of the molecule is CC1CN(Cc2ccc(S(=O)(=O)N3CCCC3)o2)CC(C)O1. The Bertz CT molecular complexity index is 597. The van der Waals surface area contributed by atoms with Crippen molar-refractivity contribution in [2.24, 2.45) is 0 Å². The predicted molar refractivity (Wildman–Crippen MR) is 82.0 cm³/mol. The van der Waals surface area contributed by atoms with Gasteiger partial charge in [-0.2, -0.15) is 4.31 Å². The molecule has 0 aromatic carbocycles. The number of morpholine rings is 1. The van der Waals surface area contributed by atoms with Crippen LogP contribution in [-0.4, -0.2) is 56.0 Å². The van der Waals surface area contributed by atoms with Gasteiger partial charge in [0.05, 0.1) is 18.8 Å². The molecule has 7 heteroatoms. The van der Waals surface area contributed by atoms with E-state index in [2.05, 4.69) is 4.90 Å². The molecular formula is C15H24N2O4S. The van der Waals surface area contributed by atoms with E-state index in [0.717, 1.165) is 25.9 Å². The van der Waals surface area contributed by atoms with Crippen LogP contribution in [0, 0.1) is 0 Å². The number of rotatable bonds is 4. The minimum absolute atomic E-state index is 0.0683. The van der Waals surface area contributed by atoms with E-state index in [-0.39, 0.29) is 17.3 Å². The molecule has 2 fully saturated rings. The third kappa shape index (κ3) is 3.37. The zero-order valence-electron chi connectivity index (χ0n) is 13.2. The van der Waals surface area contributed by atoms with E-state index in [4.69, 9.17) is 9.15 Å². The van der Waals surface area contributed by atoms with Crippen LogP contribution in [0.5, 0.6) is 0 Å². The van der Waals surface area contributed by atoms with Gasteiger partial charge in [-0.05, 0) is 38.8 Å². The van der Waals surface area contributed by atoms with Crippen molar-refractivity contribution in [3.8, 4) is 0 Å². The van der Waals surface area contributed by atoms with Gasteiger partial charge in [0.15, 0.2) is 0 Å². The molecule has 0 bridgehead atoms. The van der Waals surface area contributed by atoms with Gasteiger partial charge < -0.3 is 9.15 Å². The summed E-state index contributed by atoms with van der Waals surface area (Å²) in [6.07, 6.45) is 2.23. The van der Waals surface area contributed by atoms with Crippen LogP contribution in [0.3, 0.4) is 0 Å². The molecule has 0 saturated carbocycles. The van der Waals surface area contributed by atoms with Crippen molar-refractivity contribution in [1.82, 2.24) is 9.21 Å². The van der Waals surface area contributed by atoms with Crippen LogP contribution in [0.4, 0.5) is 0 Å². The molecule has 1 aromatic heterocycles. The molecule has 2 unspecified atom stereocenters. The minimum Gasteiger partial charge on any atom is -0.447 e. The summed E-state index contributed by atoms with van der Waals surface area (Å²) in [5.74, 6) is 0.694. The van der Waals surface area contributed by atoms with Gasteiger partial charge in [-0.1, -0.05) is 0 Å². The van der Waals surface area contributed by atoms with Crippen molar-refractivity contribution < 1.29 is 17.6 Å². The largest absolute Gasteiger partial charge is 0.447 e.